The van der Waals surface area contributed by atoms with Crippen LogP contribution >= 0.6 is 0 Å². The lowest BCUT2D eigenvalue weighted by atomic mass is 10.2. The van der Waals surface area contributed by atoms with E-state index in [1.54, 1.807) is 7.05 Å². The number of hydrogen-bond acceptors (Lipinski definition) is 6. The zero-order chi connectivity index (χ0) is 15.0. The Morgan fingerprint density at radius 3 is 2.60 bits per heavy atom. The second-order valence-electron chi connectivity index (χ2n) is 4.47. The van der Waals surface area contributed by atoms with Crippen molar-refractivity contribution in [2.45, 2.75) is 32.1 Å². The van der Waals surface area contributed by atoms with Gasteiger partial charge in [-0.1, -0.05) is 0 Å². The van der Waals surface area contributed by atoms with Crippen LogP contribution in [0.5, 0.6) is 0 Å². The Balaban J connectivity index is 2.26. The van der Waals surface area contributed by atoms with E-state index in [2.05, 4.69) is 5.28 Å². The highest BCUT2D eigenvalue weighted by Gasteiger charge is 2.29. The average molecular weight is 288 g/mol. The molecule has 0 unspecified atom stereocenters. The zero-order valence-corrected chi connectivity index (χ0v) is 11.5. The van der Waals surface area contributed by atoms with Crippen LogP contribution in [0.25, 0.3) is 0 Å². The number of imide groups is 1. The second kappa shape index (κ2) is 8.31. The summed E-state index contributed by atoms with van der Waals surface area (Å²) in [4.78, 5) is 28.4. The fourth-order valence-corrected chi connectivity index (χ4v) is 1.68. The third-order valence-corrected chi connectivity index (χ3v) is 2.90. The molecule has 0 spiro atoms. The molecule has 1 aliphatic rings. The highest BCUT2D eigenvalue weighted by atomic mass is 16.7. The van der Waals surface area contributed by atoms with Crippen molar-refractivity contribution in [3.05, 3.63) is 5.21 Å². The lowest BCUT2D eigenvalue weighted by molar-refractivity contribution is -0.705. The van der Waals surface area contributed by atoms with Crippen LogP contribution in [0.15, 0.2) is 5.28 Å². The minimum atomic E-state index is -0.339. The minimum absolute atomic E-state index is 0.135. The number of carbonyl (C=O) groups is 2. The number of likely N-dealkylation sites (tertiary alicyclic amines) is 1. The quantitative estimate of drug-likeness (QED) is 0.210. The van der Waals surface area contributed by atoms with Crippen LogP contribution in [0.3, 0.4) is 0 Å². The van der Waals surface area contributed by atoms with E-state index in [9.17, 15) is 14.8 Å². The molecular weight excluding hydrogens is 268 g/mol. The summed E-state index contributed by atoms with van der Waals surface area (Å²) in [7, 11) is 1.55. The third kappa shape index (κ3) is 5.00. The van der Waals surface area contributed by atoms with Gasteiger partial charge in [0.05, 0.1) is 18.6 Å². The van der Waals surface area contributed by atoms with E-state index in [1.165, 1.54) is 5.01 Å². The van der Waals surface area contributed by atoms with E-state index in [4.69, 9.17) is 9.94 Å². The van der Waals surface area contributed by atoms with E-state index >= 15 is 0 Å². The van der Waals surface area contributed by atoms with Crippen LogP contribution in [0, 0.1) is 5.21 Å². The molecule has 0 aliphatic carbocycles. The fourth-order valence-electron chi connectivity index (χ4n) is 1.68. The van der Waals surface area contributed by atoms with Crippen molar-refractivity contribution < 1.29 is 24.5 Å². The van der Waals surface area contributed by atoms with E-state index in [0.717, 1.165) is 17.7 Å². The molecule has 20 heavy (non-hydrogen) atoms. The van der Waals surface area contributed by atoms with E-state index in [0.29, 0.717) is 13.0 Å². The van der Waals surface area contributed by atoms with Crippen molar-refractivity contribution in [2.75, 3.05) is 26.9 Å². The van der Waals surface area contributed by atoms with Crippen molar-refractivity contribution >= 4 is 11.8 Å². The molecule has 114 valence electrons. The predicted octanol–water partition coefficient (Wildman–Crippen LogP) is -0.00360. The summed E-state index contributed by atoms with van der Waals surface area (Å²) in [5, 5.41) is 24.6. The Morgan fingerprint density at radius 2 is 2.00 bits per heavy atom. The molecule has 1 saturated heterocycles. The standard InChI is InChI=1S/C11H20N4O5/c1-13(7-3-2-4-8-16)15(19)12-20-9-14-10(17)5-6-11(14)18/h16H,2-9H2,1H3. The number of nitrogens with zero attached hydrogens (tertiary/aromatic N) is 4. The Hall–Kier alpha value is -1.90. The van der Waals surface area contributed by atoms with Gasteiger partial charge in [-0.2, -0.15) is 0 Å². The summed E-state index contributed by atoms with van der Waals surface area (Å²) in [6.07, 6.45) is 2.60. The lowest BCUT2D eigenvalue weighted by Crippen LogP contribution is -2.32. The molecule has 0 saturated carbocycles. The van der Waals surface area contributed by atoms with E-state index in [1.807, 2.05) is 0 Å². The SMILES string of the molecule is CN(CCCCCO)[N+]([O-])=NOCN1C(=O)CCC1=O. The Labute approximate surface area is 116 Å². The summed E-state index contributed by atoms with van der Waals surface area (Å²) >= 11 is 0. The first-order valence-electron chi connectivity index (χ1n) is 6.51. The van der Waals surface area contributed by atoms with Crippen LogP contribution in [0.2, 0.25) is 0 Å². The third-order valence-electron chi connectivity index (χ3n) is 2.90. The van der Waals surface area contributed by atoms with Gasteiger partial charge < -0.3 is 15.2 Å². The number of rotatable bonds is 9. The number of aliphatic hydroxyl groups excluding tert-OH is 1. The molecule has 0 aromatic rings. The highest BCUT2D eigenvalue weighted by Crippen LogP contribution is 2.11. The van der Waals surface area contributed by atoms with Gasteiger partial charge in [0, 0.05) is 19.4 Å². The first kappa shape index (κ1) is 16.2. The van der Waals surface area contributed by atoms with E-state index < -0.39 is 0 Å². The van der Waals surface area contributed by atoms with Gasteiger partial charge in [-0.25, -0.2) is 4.90 Å². The maximum Gasteiger partial charge on any atom is 0.235 e. The highest BCUT2D eigenvalue weighted by molar-refractivity contribution is 6.01. The van der Waals surface area contributed by atoms with Crippen molar-refractivity contribution in [2.24, 2.45) is 5.28 Å². The summed E-state index contributed by atoms with van der Waals surface area (Å²) in [6, 6.07) is 0. The first-order valence-corrected chi connectivity index (χ1v) is 6.51. The number of hydrogen-bond donors (Lipinski definition) is 1. The normalized spacial score (nSPS) is 15.9. The molecular formula is C11H20N4O5. The molecule has 1 fully saturated rings. The van der Waals surface area contributed by atoms with Gasteiger partial charge in [-0.15, -0.1) is 5.01 Å². The summed E-state index contributed by atoms with van der Waals surface area (Å²) < 4.78 is 0. The first-order chi connectivity index (χ1) is 9.56. The molecule has 0 radical (unpaired) electrons. The molecule has 0 bridgehead atoms. The van der Waals surface area contributed by atoms with Crippen molar-refractivity contribution in [1.29, 1.82) is 0 Å². The van der Waals surface area contributed by atoms with E-state index in [-0.39, 0.29) is 43.0 Å². The van der Waals surface area contributed by atoms with Gasteiger partial charge in [0.15, 0.2) is 0 Å². The summed E-state index contributed by atoms with van der Waals surface area (Å²) in [5.74, 6) is -0.639. The van der Waals surface area contributed by atoms with Gasteiger partial charge >= 0.3 is 0 Å². The summed E-state index contributed by atoms with van der Waals surface area (Å²) in [5.41, 5.74) is 0. The van der Waals surface area contributed by atoms with Crippen LogP contribution in [-0.4, -0.2) is 58.7 Å². The smallest absolute Gasteiger partial charge is 0.235 e. The largest absolute Gasteiger partial charge is 0.569 e. The topological polar surface area (TPSA) is 109 Å². The fraction of sp³-hybridized carbons (Fsp3) is 0.818. The van der Waals surface area contributed by atoms with Crippen LogP contribution in [0.1, 0.15) is 32.1 Å². The van der Waals surface area contributed by atoms with Crippen LogP contribution in [0.4, 0.5) is 0 Å². The summed E-state index contributed by atoms with van der Waals surface area (Å²) in [6.45, 7) is 0.267. The minimum Gasteiger partial charge on any atom is -0.569 e. The molecule has 2 amide bonds. The number of amides is 2. The molecule has 0 aromatic heterocycles. The predicted molar refractivity (Wildman–Crippen MR) is 66.7 cm³/mol. The molecule has 9 heteroatoms. The van der Waals surface area contributed by atoms with Gasteiger partial charge in [0.2, 0.25) is 23.8 Å². The van der Waals surface area contributed by atoms with Gasteiger partial charge in [-0.05, 0) is 19.3 Å². The van der Waals surface area contributed by atoms with Crippen molar-refractivity contribution in [1.82, 2.24) is 9.91 Å². The van der Waals surface area contributed by atoms with Crippen molar-refractivity contribution in [3.8, 4) is 0 Å². The number of carbonyl (C=O) groups excluding carboxylic acids is 2. The monoisotopic (exact) mass is 288 g/mol. The Bertz CT molecular complexity index is 358. The Kier molecular flexibility index (Phi) is 6.71. The molecule has 0 atom stereocenters. The molecule has 1 heterocycles. The van der Waals surface area contributed by atoms with Gasteiger partial charge in [-0.3, -0.25) is 9.59 Å². The van der Waals surface area contributed by atoms with Gasteiger partial charge in [0.25, 0.3) is 0 Å². The van der Waals surface area contributed by atoms with Crippen LogP contribution < -0.4 is 0 Å². The molecule has 9 nitrogen and oxygen atoms in total. The maximum absolute atomic E-state index is 11.5. The zero-order valence-electron chi connectivity index (χ0n) is 11.5. The van der Waals surface area contributed by atoms with Gasteiger partial charge in [0.1, 0.15) is 0 Å². The molecule has 0 aromatic carbocycles. The number of aliphatic hydroxyl groups is 1. The van der Waals surface area contributed by atoms with Crippen molar-refractivity contribution in [3.63, 3.8) is 0 Å². The maximum atomic E-state index is 11.5. The number of hydrazine groups is 1. The molecule has 1 aliphatic heterocycles. The molecule has 1 N–H and O–H groups in total. The Morgan fingerprint density at radius 1 is 1.35 bits per heavy atom. The van der Waals surface area contributed by atoms with Crippen LogP contribution in [-0.2, 0) is 14.4 Å². The number of unbranched alkanes of at least 4 members (excludes halogenated alkanes) is 2. The average Bonchev–Trinajstić information content (AvgIpc) is 2.74. The lowest BCUT2D eigenvalue weighted by Gasteiger charge is -2.13. The second-order valence-corrected chi connectivity index (χ2v) is 4.47. The molecule has 1 rings (SSSR count).